The Morgan fingerprint density at radius 2 is 1.89 bits per heavy atom. The average Bonchev–Trinajstić information content (AvgIpc) is 3.31. The summed E-state index contributed by atoms with van der Waals surface area (Å²) >= 11 is 0. The molecule has 28 heavy (non-hydrogen) atoms. The highest BCUT2D eigenvalue weighted by molar-refractivity contribution is 5.87. The Morgan fingerprint density at radius 3 is 2.68 bits per heavy atom. The first-order valence-corrected chi connectivity index (χ1v) is 8.63. The summed E-state index contributed by atoms with van der Waals surface area (Å²) in [6.45, 7) is -0.402. The predicted molar refractivity (Wildman–Crippen MR) is 104 cm³/mol. The normalized spacial score (nSPS) is 12.0. The monoisotopic (exact) mass is 372 g/mol. The molecule has 0 unspecified atom stereocenters. The number of ether oxygens (including phenoxy) is 1. The van der Waals surface area contributed by atoms with Crippen molar-refractivity contribution in [3.05, 3.63) is 71.9 Å². The Hall–Kier alpha value is -4.05. The van der Waals surface area contributed by atoms with E-state index in [4.69, 9.17) is 4.74 Å². The first-order chi connectivity index (χ1) is 13.7. The molecule has 4 aromatic rings. The number of aliphatic hydroxyl groups excluding tert-OH is 1. The van der Waals surface area contributed by atoms with Gasteiger partial charge in [-0.15, -0.1) is 0 Å². The van der Waals surface area contributed by atoms with Gasteiger partial charge in [-0.05, 0) is 23.8 Å². The molecule has 2 aromatic heterocycles. The van der Waals surface area contributed by atoms with E-state index in [0.717, 1.165) is 22.0 Å². The summed E-state index contributed by atoms with van der Waals surface area (Å²) < 4.78 is 5.15. The lowest BCUT2D eigenvalue weighted by Gasteiger charge is -2.05. The van der Waals surface area contributed by atoms with Crippen molar-refractivity contribution in [1.82, 2.24) is 15.0 Å². The Labute approximate surface area is 159 Å². The van der Waals surface area contributed by atoms with Crippen LogP contribution in [0.15, 0.2) is 60.5 Å². The van der Waals surface area contributed by atoms with E-state index in [-0.39, 0.29) is 23.6 Å². The number of esters is 1. The second-order valence-electron chi connectivity index (χ2n) is 6.23. The van der Waals surface area contributed by atoms with E-state index in [1.54, 1.807) is 12.3 Å². The van der Waals surface area contributed by atoms with Gasteiger partial charge in [0.05, 0.1) is 17.5 Å². The molecule has 0 saturated heterocycles. The lowest BCUT2D eigenvalue weighted by atomic mass is 10.1. The molecule has 4 rings (SSSR count). The maximum Gasteiger partial charge on any atom is 0.310 e. The first kappa shape index (κ1) is 17.4. The number of imidazole rings is 1. The van der Waals surface area contributed by atoms with E-state index < -0.39 is 12.6 Å². The van der Waals surface area contributed by atoms with E-state index in [0.29, 0.717) is 5.52 Å². The van der Waals surface area contributed by atoms with Crippen LogP contribution in [0, 0.1) is 11.3 Å². The van der Waals surface area contributed by atoms with Gasteiger partial charge in [-0.25, -0.2) is 4.98 Å². The van der Waals surface area contributed by atoms with E-state index in [1.807, 2.05) is 48.5 Å². The predicted octanol–water partition coefficient (Wildman–Crippen LogP) is 3.62. The molecule has 0 spiro atoms. The third-order valence-corrected chi connectivity index (χ3v) is 4.41. The molecule has 0 radical (unpaired) electrons. The zero-order chi connectivity index (χ0) is 19.5. The number of rotatable bonds is 5. The van der Waals surface area contributed by atoms with E-state index in [2.05, 4.69) is 15.0 Å². The fourth-order valence-electron chi connectivity index (χ4n) is 3.03. The van der Waals surface area contributed by atoms with Gasteiger partial charge in [-0.1, -0.05) is 30.3 Å². The number of carbonyl (C=O) groups is 1. The van der Waals surface area contributed by atoms with Crippen LogP contribution >= 0.6 is 0 Å². The molecular weight excluding hydrogens is 356 g/mol. The van der Waals surface area contributed by atoms with Gasteiger partial charge in [0.25, 0.3) is 0 Å². The molecule has 138 valence electrons. The van der Waals surface area contributed by atoms with Crippen LogP contribution in [-0.2, 0) is 16.0 Å². The molecular formula is C21H16N4O3. The minimum atomic E-state index is -0.502. The molecule has 0 saturated carbocycles. The molecule has 3 N–H and O–H groups in total. The number of nitrogens with one attached hydrogen (secondary N) is 2. The molecule has 0 bridgehead atoms. The molecule has 0 aliphatic heterocycles. The molecule has 7 heteroatoms. The Balaban J connectivity index is 1.48. The average molecular weight is 372 g/mol. The summed E-state index contributed by atoms with van der Waals surface area (Å²) in [5.74, 6) is -0.624. The van der Waals surface area contributed by atoms with Crippen molar-refractivity contribution in [2.24, 2.45) is 0 Å². The number of aromatic amines is 2. The van der Waals surface area contributed by atoms with Crippen LogP contribution in [0.1, 0.15) is 11.4 Å². The van der Waals surface area contributed by atoms with E-state index >= 15 is 0 Å². The second kappa shape index (κ2) is 7.29. The number of carbonyl (C=O) groups excluding carboxylic acids is 1. The Kier molecular flexibility index (Phi) is 4.52. The number of benzene rings is 2. The van der Waals surface area contributed by atoms with Gasteiger partial charge in [0.1, 0.15) is 18.2 Å². The molecule has 0 amide bonds. The fourth-order valence-corrected chi connectivity index (χ4v) is 3.03. The van der Waals surface area contributed by atoms with Crippen molar-refractivity contribution < 1.29 is 14.6 Å². The van der Waals surface area contributed by atoms with E-state index in [9.17, 15) is 15.2 Å². The number of aliphatic hydroxyl groups is 1. The van der Waals surface area contributed by atoms with Crippen LogP contribution in [0.5, 0.6) is 0 Å². The maximum atomic E-state index is 12.2. The zero-order valence-corrected chi connectivity index (χ0v) is 14.8. The number of allylic oxidation sites excluding steroid dienone is 1. The largest absolute Gasteiger partial charge is 0.507 e. The van der Waals surface area contributed by atoms with Gasteiger partial charge < -0.3 is 19.8 Å². The Morgan fingerprint density at radius 1 is 1.14 bits per heavy atom. The number of hydrogen-bond donors (Lipinski definition) is 3. The summed E-state index contributed by atoms with van der Waals surface area (Å²) in [4.78, 5) is 22.5. The summed E-state index contributed by atoms with van der Waals surface area (Å²) in [5.41, 5.74) is 3.10. The van der Waals surface area contributed by atoms with Crippen molar-refractivity contribution in [1.29, 1.82) is 5.26 Å². The van der Waals surface area contributed by atoms with E-state index in [1.165, 1.54) is 0 Å². The number of nitriles is 1. The highest BCUT2D eigenvalue weighted by Crippen LogP contribution is 2.20. The van der Waals surface area contributed by atoms with Gasteiger partial charge in [-0.3, -0.25) is 4.79 Å². The van der Waals surface area contributed by atoms with Gasteiger partial charge in [-0.2, -0.15) is 5.26 Å². The number of aromatic nitrogens is 3. The van der Waals surface area contributed by atoms with Crippen LogP contribution in [0.25, 0.3) is 27.5 Å². The third kappa shape index (κ3) is 3.31. The molecule has 2 heterocycles. The van der Waals surface area contributed by atoms with Gasteiger partial charge >= 0.3 is 5.97 Å². The summed E-state index contributed by atoms with van der Waals surface area (Å²) in [6, 6.07) is 16.8. The van der Waals surface area contributed by atoms with Crippen molar-refractivity contribution in [2.45, 2.75) is 6.42 Å². The second-order valence-corrected chi connectivity index (χ2v) is 6.23. The van der Waals surface area contributed by atoms with Crippen molar-refractivity contribution >= 4 is 33.5 Å². The van der Waals surface area contributed by atoms with Crippen LogP contribution < -0.4 is 0 Å². The topological polar surface area (TPSA) is 115 Å². The number of hydrogen-bond acceptors (Lipinski definition) is 5. The lowest BCUT2D eigenvalue weighted by Crippen LogP contribution is -2.11. The maximum absolute atomic E-state index is 12.2. The summed E-state index contributed by atoms with van der Waals surface area (Å²) in [5, 5.41) is 20.6. The van der Waals surface area contributed by atoms with Crippen molar-refractivity contribution in [3.63, 3.8) is 0 Å². The quantitative estimate of drug-likeness (QED) is 0.281. The van der Waals surface area contributed by atoms with Crippen LogP contribution in [-0.4, -0.2) is 32.6 Å². The lowest BCUT2D eigenvalue weighted by molar-refractivity contribution is -0.142. The summed E-state index contributed by atoms with van der Waals surface area (Å²) in [6.07, 6.45) is 1.82. The molecule has 0 fully saturated rings. The zero-order valence-electron chi connectivity index (χ0n) is 14.8. The van der Waals surface area contributed by atoms with Crippen molar-refractivity contribution in [3.8, 4) is 6.07 Å². The van der Waals surface area contributed by atoms with Crippen LogP contribution in [0.3, 0.4) is 0 Å². The standard InChI is InChI=1S/C21H16N4O3/c22-10-15(21-24-17-7-3-4-8-18(17)25-21)19(26)12-28-20(27)9-13-11-23-16-6-2-1-5-14(13)16/h1-8,11,23,26H,9,12H2,(H,24,25)/b19-15+. The molecule has 0 atom stereocenters. The van der Waals surface area contributed by atoms with Crippen LogP contribution in [0.4, 0.5) is 0 Å². The third-order valence-electron chi connectivity index (χ3n) is 4.41. The molecule has 7 nitrogen and oxygen atoms in total. The van der Waals surface area contributed by atoms with Crippen molar-refractivity contribution in [2.75, 3.05) is 6.61 Å². The molecule has 2 aromatic carbocycles. The SMILES string of the molecule is N#C/C(=C(\O)COC(=O)Cc1c[nH]c2ccccc12)c1nc2ccccc2[nH]1. The minimum absolute atomic E-state index is 0.0592. The minimum Gasteiger partial charge on any atom is -0.507 e. The Bertz CT molecular complexity index is 1210. The first-order valence-electron chi connectivity index (χ1n) is 8.63. The highest BCUT2D eigenvalue weighted by Gasteiger charge is 2.16. The summed E-state index contributed by atoms with van der Waals surface area (Å²) in [7, 11) is 0. The van der Waals surface area contributed by atoms with Gasteiger partial charge in [0, 0.05) is 17.1 Å². The smallest absolute Gasteiger partial charge is 0.310 e. The van der Waals surface area contributed by atoms with Gasteiger partial charge in [0.2, 0.25) is 0 Å². The number of para-hydroxylation sites is 3. The number of nitrogens with zero attached hydrogens (tertiary/aromatic N) is 2. The van der Waals surface area contributed by atoms with Gasteiger partial charge in [0.15, 0.2) is 11.6 Å². The van der Waals surface area contributed by atoms with Crippen LogP contribution in [0.2, 0.25) is 0 Å². The highest BCUT2D eigenvalue weighted by atomic mass is 16.5. The number of fused-ring (bicyclic) bond motifs is 2. The fraction of sp³-hybridized carbons (Fsp3) is 0.0952. The number of H-pyrrole nitrogens is 2. The molecule has 0 aliphatic carbocycles. The molecule has 0 aliphatic rings.